The molecule has 0 atom stereocenters. The Kier molecular flexibility index (Phi) is 8.95. The third kappa shape index (κ3) is 6.81. The molecule has 39 heavy (non-hydrogen) atoms. The van der Waals surface area contributed by atoms with Gasteiger partial charge in [-0.05, 0) is 48.9 Å². The maximum Gasteiger partial charge on any atom is 0.344 e. The van der Waals surface area contributed by atoms with Crippen LogP contribution in [0.15, 0.2) is 98.5 Å². The van der Waals surface area contributed by atoms with Crippen molar-refractivity contribution in [3.8, 4) is 5.75 Å². The van der Waals surface area contributed by atoms with Crippen LogP contribution >= 0.6 is 27.7 Å². The van der Waals surface area contributed by atoms with Crippen molar-refractivity contribution in [2.75, 3.05) is 6.61 Å². The summed E-state index contributed by atoms with van der Waals surface area (Å²) in [5.74, 6) is -1.32. The molecule has 0 spiro atoms. The van der Waals surface area contributed by atoms with Gasteiger partial charge in [0.25, 0.3) is 11.6 Å². The number of amides is 1. The molecule has 0 saturated heterocycles. The molecule has 0 unspecified atom stereocenters. The number of nitro benzene ring substituents is 1. The number of esters is 1. The number of aliphatic hydroxyl groups excluding tert-OH is 1. The van der Waals surface area contributed by atoms with Crippen LogP contribution in [-0.2, 0) is 16.1 Å². The predicted molar refractivity (Wildman–Crippen MR) is 152 cm³/mol. The SMILES string of the molecule is CCOC(=O)C1=C(O)/C(=C/c2cc(Br)ccc2OCc2cccc([N+](=O)[O-])c2)SC1=NC(=O)c1ccccc1. The number of non-ortho nitro benzene ring substituents is 1. The molecule has 3 aromatic carbocycles. The van der Waals surface area contributed by atoms with E-state index in [1.165, 1.54) is 12.1 Å². The lowest BCUT2D eigenvalue weighted by Crippen LogP contribution is -2.14. The highest BCUT2D eigenvalue weighted by Gasteiger charge is 2.34. The average Bonchev–Trinajstić information content (AvgIpc) is 3.23. The first-order valence-electron chi connectivity index (χ1n) is 11.6. The lowest BCUT2D eigenvalue weighted by molar-refractivity contribution is -0.384. The summed E-state index contributed by atoms with van der Waals surface area (Å²) in [6, 6.07) is 19.7. The number of nitrogens with zero attached hydrogens (tertiary/aromatic N) is 2. The zero-order chi connectivity index (χ0) is 27.9. The van der Waals surface area contributed by atoms with E-state index in [0.29, 0.717) is 22.4 Å². The molecule has 9 nitrogen and oxygen atoms in total. The number of thioether (sulfide) groups is 1. The number of nitro groups is 1. The molecule has 0 aromatic heterocycles. The van der Waals surface area contributed by atoms with E-state index in [9.17, 15) is 24.8 Å². The van der Waals surface area contributed by atoms with Crippen LogP contribution in [0.3, 0.4) is 0 Å². The van der Waals surface area contributed by atoms with Gasteiger partial charge >= 0.3 is 5.97 Å². The summed E-state index contributed by atoms with van der Waals surface area (Å²) in [5, 5.41) is 22.1. The van der Waals surface area contributed by atoms with Gasteiger partial charge < -0.3 is 14.6 Å². The van der Waals surface area contributed by atoms with Crippen molar-refractivity contribution in [1.82, 2.24) is 0 Å². The van der Waals surface area contributed by atoms with E-state index in [4.69, 9.17) is 9.47 Å². The Bertz CT molecular complexity index is 1530. The Morgan fingerprint density at radius 2 is 1.87 bits per heavy atom. The fourth-order valence-corrected chi connectivity index (χ4v) is 4.94. The number of aliphatic hydroxyl groups is 1. The number of carbonyl (C=O) groups excluding carboxylic acids is 2. The molecule has 1 heterocycles. The number of benzene rings is 3. The maximum atomic E-state index is 12.7. The first-order valence-corrected chi connectivity index (χ1v) is 13.2. The largest absolute Gasteiger partial charge is 0.506 e. The summed E-state index contributed by atoms with van der Waals surface area (Å²) in [5.41, 5.74) is 1.22. The van der Waals surface area contributed by atoms with Gasteiger partial charge in [0.1, 0.15) is 28.7 Å². The van der Waals surface area contributed by atoms with Crippen molar-refractivity contribution >= 4 is 56.4 Å². The van der Waals surface area contributed by atoms with Crippen molar-refractivity contribution in [3.05, 3.63) is 120 Å². The van der Waals surface area contributed by atoms with Crippen molar-refractivity contribution in [2.45, 2.75) is 13.5 Å². The quantitative estimate of drug-likeness (QED) is 0.171. The van der Waals surface area contributed by atoms with Crippen LogP contribution in [0.5, 0.6) is 5.75 Å². The van der Waals surface area contributed by atoms with Crippen LogP contribution in [0.1, 0.15) is 28.4 Å². The van der Waals surface area contributed by atoms with Gasteiger partial charge in [-0.3, -0.25) is 14.9 Å². The third-order valence-corrected chi connectivity index (χ3v) is 6.88. The predicted octanol–water partition coefficient (Wildman–Crippen LogP) is 6.64. The van der Waals surface area contributed by atoms with Gasteiger partial charge in [-0.15, -0.1) is 0 Å². The lowest BCUT2D eigenvalue weighted by Gasteiger charge is -2.11. The Morgan fingerprint density at radius 1 is 1.10 bits per heavy atom. The summed E-state index contributed by atoms with van der Waals surface area (Å²) < 4.78 is 11.8. The van der Waals surface area contributed by atoms with Crippen molar-refractivity contribution in [2.24, 2.45) is 4.99 Å². The fraction of sp³-hybridized carbons (Fsp3) is 0.107. The summed E-state index contributed by atoms with van der Waals surface area (Å²) in [7, 11) is 0. The van der Waals surface area contributed by atoms with Gasteiger partial charge in [0.05, 0.1) is 16.4 Å². The second-order valence-electron chi connectivity index (χ2n) is 8.04. The highest BCUT2D eigenvalue weighted by molar-refractivity contribution is 9.10. The minimum absolute atomic E-state index is 0.0140. The zero-order valence-corrected chi connectivity index (χ0v) is 22.9. The number of hydrogen-bond donors (Lipinski definition) is 1. The fourth-order valence-electron chi connectivity index (χ4n) is 3.56. The minimum Gasteiger partial charge on any atom is -0.506 e. The minimum atomic E-state index is -0.804. The molecule has 1 aliphatic heterocycles. The molecule has 1 aliphatic rings. The average molecular weight is 609 g/mol. The molecule has 0 fully saturated rings. The van der Waals surface area contributed by atoms with Crippen LogP contribution in [-0.4, -0.2) is 33.6 Å². The lowest BCUT2D eigenvalue weighted by atomic mass is 10.1. The Balaban J connectivity index is 1.67. The molecule has 198 valence electrons. The molecule has 0 aliphatic carbocycles. The maximum absolute atomic E-state index is 12.7. The molecule has 4 rings (SSSR count). The molecule has 0 saturated carbocycles. The normalized spacial score (nSPS) is 15.0. The van der Waals surface area contributed by atoms with Crippen LogP contribution in [0.25, 0.3) is 6.08 Å². The van der Waals surface area contributed by atoms with Crippen molar-refractivity contribution in [3.63, 3.8) is 0 Å². The summed E-state index contributed by atoms with van der Waals surface area (Å²) in [4.78, 5) is 40.4. The number of hydrogen-bond acceptors (Lipinski definition) is 8. The smallest absolute Gasteiger partial charge is 0.344 e. The number of rotatable bonds is 8. The third-order valence-electron chi connectivity index (χ3n) is 5.37. The number of carbonyl (C=O) groups is 2. The van der Waals surface area contributed by atoms with E-state index >= 15 is 0 Å². The Labute approximate surface area is 236 Å². The highest BCUT2D eigenvalue weighted by atomic mass is 79.9. The van der Waals surface area contributed by atoms with E-state index in [-0.39, 0.29) is 40.2 Å². The molecule has 1 N–H and O–H groups in total. The van der Waals surface area contributed by atoms with Gasteiger partial charge in [-0.1, -0.05) is 58.0 Å². The topological polar surface area (TPSA) is 128 Å². The van der Waals surface area contributed by atoms with E-state index < -0.39 is 16.8 Å². The molecule has 0 bridgehead atoms. The molecule has 11 heteroatoms. The monoisotopic (exact) mass is 608 g/mol. The summed E-state index contributed by atoms with van der Waals surface area (Å²) in [6.07, 6.45) is 1.60. The molecular formula is C28H21BrN2O7S. The molecular weight excluding hydrogens is 588 g/mol. The second kappa shape index (κ2) is 12.5. The standard InChI is InChI=1S/C28H21BrN2O7S/c1-2-37-28(34)24-25(32)23(39-27(24)30-26(33)18-8-4-3-5-9-18)15-19-14-20(29)11-12-22(19)38-16-17-7-6-10-21(13-17)31(35)36/h3-15,32H,2,16H2,1H3/b23-15-,30-27?. The summed E-state index contributed by atoms with van der Waals surface area (Å²) in [6.45, 7) is 1.76. The van der Waals surface area contributed by atoms with Crippen LogP contribution < -0.4 is 4.74 Å². The van der Waals surface area contributed by atoms with Crippen LogP contribution in [0.2, 0.25) is 0 Å². The Hall–Kier alpha value is -4.22. The van der Waals surface area contributed by atoms with Crippen LogP contribution in [0.4, 0.5) is 5.69 Å². The molecule has 1 amide bonds. The van der Waals surface area contributed by atoms with Gasteiger partial charge in [-0.25, -0.2) is 9.79 Å². The van der Waals surface area contributed by atoms with Crippen molar-refractivity contribution < 1.29 is 29.1 Å². The van der Waals surface area contributed by atoms with Crippen LogP contribution in [0, 0.1) is 10.1 Å². The van der Waals surface area contributed by atoms with E-state index in [0.717, 1.165) is 16.2 Å². The zero-order valence-electron chi connectivity index (χ0n) is 20.5. The molecule has 3 aromatic rings. The van der Waals surface area contributed by atoms with E-state index in [1.54, 1.807) is 73.7 Å². The molecule has 0 radical (unpaired) electrons. The second-order valence-corrected chi connectivity index (χ2v) is 9.99. The van der Waals surface area contributed by atoms with Gasteiger partial charge in [0.15, 0.2) is 0 Å². The van der Waals surface area contributed by atoms with Gasteiger partial charge in [0.2, 0.25) is 0 Å². The first kappa shape index (κ1) is 27.8. The first-order chi connectivity index (χ1) is 18.8. The van der Waals surface area contributed by atoms with E-state index in [2.05, 4.69) is 20.9 Å². The number of ether oxygens (including phenoxy) is 2. The highest BCUT2D eigenvalue weighted by Crippen LogP contribution is 2.40. The summed E-state index contributed by atoms with van der Waals surface area (Å²) >= 11 is 4.38. The van der Waals surface area contributed by atoms with Gasteiger partial charge in [0, 0.05) is 27.7 Å². The van der Waals surface area contributed by atoms with Crippen molar-refractivity contribution in [1.29, 1.82) is 0 Å². The van der Waals surface area contributed by atoms with Gasteiger partial charge in [-0.2, -0.15) is 0 Å². The number of halogens is 1. The van der Waals surface area contributed by atoms with E-state index in [1.807, 2.05) is 0 Å². The number of aliphatic imine (C=N–C) groups is 1. The Morgan fingerprint density at radius 3 is 2.59 bits per heavy atom.